The first kappa shape index (κ1) is 21.9. The van der Waals surface area contributed by atoms with Crippen molar-refractivity contribution in [1.82, 2.24) is 15.3 Å². The molecule has 3 heterocycles. The van der Waals surface area contributed by atoms with E-state index in [0.29, 0.717) is 31.7 Å². The van der Waals surface area contributed by atoms with Gasteiger partial charge in [-0.25, -0.2) is 9.78 Å². The molecule has 0 bridgehead atoms. The number of pyridine rings is 2. The van der Waals surface area contributed by atoms with Crippen LogP contribution in [0.15, 0.2) is 42.6 Å². The van der Waals surface area contributed by atoms with Crippen molar-refractivity contribution in [3.63, 3.8) is 0 Å². The lowest BCUT2D eigenvalue weighted by Gasteiger charge is -2.33. The van der Waals surface area contributed by atoms with Crippen LogP contribution in [0.4, 0.5) is 29.5 Å². The van der Waals surface area contributed by atoms with Gasteiger partial charge < -0.3 is 15.5 Å². The Morgan fingerprint density at radius 2 is 1.84 bits per heavy atom. The van der Waals surface area contributed by atoms with Gasteiger partial charge >= 0.3 is 12.2 Å². The van der Waals surface area contributed by atoms with E-state index in [1.54, 1.807) is 0 Å². The van der Waals surface area contributed by atoms with Crippen molar-refractivity contribution >= 4 is 28.3 Å². The van der Waals surface area contributed by atoms with Crippen LogP contribution < -0.4 is 15.5 Å². The molecule has 0 atom stereocenters. The highest BCUT2D eigenvalue weighted by atomic mass is 19.4. The molecular formula is C23H24F3N5O. The lowest BCUT2D eigenvalue weighted by atomic mass is 10.0. The maximum Gasteiger partial charge on any atom is 0.417 e. The second-order valence-electron chi connectivity index (χ2n) is 8.01. The number of piperidine rings is 1. The molecule has 6 nitrogen and oxygen atoms in total. The number of nitrogens with zero attached hydrogens (tertiary/aromatic N) is 3. The fourth-order valence-corrected chi connectivity index (χ4v) is 4.05. The standard InChI is InChI=1S/C23H24F3N5O/c1-14-12-19-18(15(2)28-14)4-3-5-20(19)30-22(32)29-17-8-10-31(11-9-17)21-7-6-16(13-27-21)23(24,25)26/h3-7,12-13,17H,8-11H2,1-2H3,(H2,29,30,32). The van der Waals surface area contributed by atoms with Crippen LogP contribution >= 0.6 is 0 Å². The predicted octanol–water partition coefficient (Wildman–Crippen LogP) is 5.06. The van der Waals surface area contributed by atoms with Crippen molar-refractivity contribution in [2.24, 2.45) is 0 Å². The van der Waals surface area contributed by atoms with E-state index >= 15 is 0 Å². The molecule has 0 unspecified atom stereocenters. The van der Waals surface area contributed by atoms with Crippen LogP contribution in [0.5, 0.6) is 0 Å². The summed E-state index contributed by atoms with van der Waals surface area (Å²) in [4.78, 5) is 23.0. The fraction of sp³-hybridized carbons (Fsp3) is 0.348. The van der Waals surface area contributed by atoms with Crippen LogP contribution in [0, 0.1) is 13.8 Å². The molecular weight excluding hydrogens is 419 g/mol. The van der Waals surface area contributed by atoms with E-state index in [9.17, 15) is 18.0 Å². The molecule has 1 saturated heterocycles. The molecule has 1 aliphatic rings. The lowest BCUT2D eigenvalue weighted by molar-refractivity contribution is -0.137. The summed E-state index contributed by atoms with van der Waals surface area (Å²) in [6.07, 6.45) is -2.19. The van der Waals surface area contributed by atoms with Gasteiger partial charge in [0.1, 0.15) is 5.82 Å². The van der Waals surface area contributed by atoms with Gasteiger partial charge in [-0.05, 0) is 51.0 Å². The number of amides is 2. The molecule has 2 N–H and O–H groups in total. The maximum absolute atomic E-state index is 12.7. The highest BCUT2D eigenvalue weighted by Crippen LogP contribution is 2.30. The molecule has 32 heavy (non-hydrogen) atoms. The summed E-state index contributed by atoms with van der Waals surface area (Å²) in [5, 5.41) is 7.87. The molecule has 0 spiro atoms. The van der Waals surface area contributed by atoms with Crippen molar-refractivity contribution in [3.8, 4) is 0 Å². The molecule has 1 aromatic carbocycles. The summed E-state index contributed by atoms with van der Waals surface area (Å²) in [5.41, 5.74) is 1.76. The largest absolute Gasteiger partial charge is 0.417 e. The minimum Gasteiger partial charge on any atom is -0.356 e. The first-order chi connectivity index (χ1) is 15.2. The van der Waals surface area contributed by atoms with Crippen LogP contribution in [0.1, 0.15) is 29.8 Å². The predicted molar refractivity (Wildman–Crippen MR) is 118 cm³/mol. The van der Waals surface area contributed by atoms with Gasteiger partial charge in [0, 0.05) is 47.5 Å². The number of aromatic nitrogens is 2. The molecule has 4 rings (SSSR count). The quantitative estimate of drug-likeness (QED) is 0.594. The van der Waals surface area contributed by atoms with Crippen molar-refractivity contribution in [1.29, 1.82) is 0 Å². The molecule has 2 amide bonds. The number of aryl methyl sites for hydroxylation is 2. The van der Waals surface area contributed by atoms with Crippen LogP contribution in [0.25, 0.3) is 10.8 Å². The summed E-state index contributed by atoms with van der Waals surface area (Å²) in [7, 11) is 0. The Hall–Kier alpha value is -3.36. The van der Waals surface area contributed by atoms with E-state index in [0.717, 1.165) is 40.1 Å². The first-order valence-electron chi connectivity index (χ1n) is 10.4. The summed E-state index contributed by atoms with van der Waals surface area (Å²) in [5.74, 6) is 0.510. The second kappa shape index (κ2) is 8.64. The molecule has 9 heteroatoms. The maximum atomic E-state index is 12.7. The molecule has 0 saturated carbocycles. The van der Waals surface area contributed by atoms with Crippen LogP contribution in [-0.4, -0.2) is 35.1 Å². The van der Waals surface area contributed by atoms with E-state index in [4.69, 9.17) is 0 Å². The molecule has 168 valence electrons. The van der Waals surface area contributed by atoms with E-state index < -0.39 is 11.7 Å². The molecule has 0 aliphatic carbocycles. The zero-order valence-electron chi connectivity index (χ0n) is 17.8. The zero-order valence-corrected chi connectivity index (χ0v) is 17.8. The summed E-state index contributed by atoms with van der Waals surface area (Å²) < 4.78 is 38.1. The molecule has 0 radical (unpaired) electrons. The van der Waals surface area contributed by atoms with E-state index in [-0.39, 0.29) is 12.1 Å². The highest BCUT2D eigenvalue weighted by molar-refractivity contribution is 6.02. The van der Waals surface area contributed by atoms with Gasteiger partial charge in [-0.3, -0.25) is 4.98 Å². The first-order valence-corrected chi connectivity index (χ1v) is 10.4. The summed E-state index contributed by atoms with van der Waals surface area (Å²) in [6, 6.07) is 9.80. The highest BCUT2D eigenvalue weighted by Gasteiger charge is 2.31. The number of urea groups is 1. The minimum absolute atomic E-state index is 0.0270. The molecule has 2 aromatic heterocycles. The number of halogens is 3. The van der Waals surface area contributed by atoms with Crippen molar-refractivity contribution in [2.75, 3.05) is 23.3 Å². The third kappa shape index (κ3) is 4.76. The molecule has 3 aromatic rings. The van der Waals surface area contributed by atoms with Crippen molar-refractivity contribution < 1.29 is 18.0 Å². The Morgan fingerprint density at radius 3 is 2.50 bits per heavy atom. The van der Waals surface area contributed by atoms with Gasteiger partial charge in [-0.1, -0.05) is 12.1 Å². The Kier molecular flexibility index (Phi) is 5.90. The van der Waals surface area contributed by atoms with Crippen molar-refractivity contribution in [3.05, 3.63) is 59.5 Å². The van der Waals surface area contributed by atoms with Gasteiger partial charge in [0.25, 0.3) is 0 Å². The van der Waals surface area contributed by atoms with Crippen molar-refractivity contribution in [2.45, 2.75) is 38.9 Å². The third-order valence-corrected chi connectivity index (χ3v) is 5.67. The van der Waals surface area contributed by atoms with Gasteiger partial charge in [-0.2, -0.15) is 13.2 Å². The van der Waals surface area contributed by atoms with E-state index in [2.05, 4.69) is 20.6 Å². The normalized spacial score (nSPS) is 15.1. The number of hydrogen-bond donors (Lipinski definition) is 2. The Balaban J connectivity index is 1.35. The number of carbonyl (C=O) groups excluding carboxylic acids is 1. The van der Waals surface area contributed by atoms with Crippen LogP contribution in [0.2, 0.25) is 0 Å². The Morgan fingerprint density at radius 1 is 1.09 bits per heavy atom. The Labute approximate surface area is 183 Å². The number of anilines is 2. The number of fused-ring (bicyclic) bond motifs is 1. The SMILES string of the molecule is Cc1cc2c(NC(=O)NC3CCN(c4ccc(C(F)(F)F)cn4)CC3)cccc2c(C)n1. The number of rotatable bonds is 3. The second-order valence-corrected chi connectivity index (χ2v) is 8.01. The number of carbonyl (C=O) groups is 1. The smallest absolute Gasteiger partial charge is 0.356 e. The van der Waals surface area contributed by atoms with Gasteiger partial charge in [0.05, 0.1) is 11.3 Å². The lowest BCUT2D eigenvalue weighted by Crippen LogP contribution is -2.46. The molecule has 1 fully saturated rings. The summed E-state index contributed by atoms with van der Waals surface area (Å²) in [6.45, 7) is 5.06. The molecule has 1 aliphatic heterocycles. The van der Waals surface area contributed by atoms with Gasteiger partial charge in [-0.15, -0.1) is 0 Å². The van der Waals surface area contributed by atoms with Crippen LogP contribution in [0.3, 0.4) is 0 Å². The monoisotopic (exact) mass is 443 g/mol. The van der Waals surface area contributed by atoms with Gasteiger partial charge in [0.2, 0.25) is 0 Å². The Bertz CT molecular complexity index is 1120. The number of nitrogens with one attached hydrogen (secondary N) is 2. The topological polar surface area (TPSA) is 70.2 Å². The average molecular weight is 443 g/mol. The number of hydrogen-bond acceptors (Lipinski definition) is 4. The van der Waals surface area contributed by atoms with Crippen LogP contribution in [-0.2, 0) is 6.18 Å². The minimum atomic E-state index is -4.40. The zero-order chi connectivity index (χ0) is 22.9. The average Bonchev–Trinajstić information content (AvgIpc) is 2.74. The number of benzene rings is 1. The van der Waals surface area contributed by atoms with Gasteiger partial charge in [0.15, 0.2) is 0 Å². The fourth-order valence-electron chi connectivity index (χ4n) is 4.05. The summed E-state index contributed by atoms with van der Waals surface area (Å²) >= 11 is 0. The third-order valence-electron chi connectivity index (χ3n) is 5.67. The van der Waals surface area contributed by atoms with E-state index in [1.165, 1.54) is 6.07 Å². The number of alkyl halides is 3. The van der Waals surface area contributed by atoms with E-state index in [1.807, 2.05) is 43.0 Å².